The predicted octanol–water partition coefficient (Wildman–Crippen LogP) is -2.21. The second-order valence-corrected chi connectivity index (χ2v) is 8.37. The first-order chi connectivity index (χ1) is 14.8. The standard InChI is InChI=1S/C20H39N5O7/c1-10(2)9-13(22)17(28)24-15(11(3)26)19(30)23-14(7-5-6-8-21)18(29)25-16(12(4)27)20(31)32/h10-16,26-27H,5-9,21-22H2,1-4H3,(H,23,30)(H,24,28)(H,25,29)(H,31,32). The Kier molecular flexibility index (Phi) is 13.7. The zero-order valence-electron chi connectivity index (χ0n) is 19.2. The molecule has 0 saturated heterocycles. The Labute approximate surface area is 188 Å². The highest BCUT2D eigenvalue weighted by molar-refractivity contribution is 5.94. The van der Waals surface area contributed by atoms with Crippen molar-refractivity contribution in [2.45, 2.75) is 89.8 Å². The topological polar surface area (TPSA) is 217 Å². The molecule has 0 aromatic rings. The van der Waals surface area contributed by atoms with Crippen molar-refractivity contribution in [3.63, 3.8) is 0 Å². The van der Waals surface area contributed by atoms with Gasteiger partial charge in [0, 0.05) is 0 Å². The number of hydrogen-bond donors (Lipinski definition) is 8. The SMILES string of the molecule is CC(C)CC(N)C(=O)NC(C(=O)NC(CCCCN)C(=O)NC(C(=O)O)C(C)O)C(C)O. The first-order valence-corrected chi connectivity index (χ1v) is 10.8. The summed E-state index contributed by atoms with van der Waals surface area (Å²) in [6.07, 6.45) is -1.15. The first-order valence-electron chi connectivity index (χ1n) is 10.8. The van der Waals surface area contributed by atoms with E-state index in [0.717, 1.165) is 0 Å². The molecule has 0 saturated carbocycles. The number of carboxylic acids is 1. The Hall–Kier alpha value is -2.28. The lowest BCUT2D eigenvalue weighted by molar-refractivity contribution is -0.145. The van der Waals surface area contributed by atoms with Gasteiger partial charge in [0.2, 0.25) is 17.7 Å². The molecule has 0 bridgehead atoms. The van der Waals surface area contributed by atoms with Crippen molar-refractivity contribution in [3.8, 4) is 0 Å². The molecule has 0 radical (unpaired) electrons. The van der Waals surface area contributed by atoms with Gasteiger partial charge in [0.05, 0.1) is 18.2 Å². The van der Waals surface area contributed by atoms with Crippen molar-refractivity contribution in [2.75, 3.05) is 6.54 Å². The Morgan fingerprint density at radius 3 is 1.78 bits per heavy atom. The van der Waals surface area contributed by atoms with Gasteiger partial charge in [0.25, 0.3) is 0 Å². The zero-order valence-corrected chi connectivity index (χ0v) is 19.2. The summed E-state index contributed by atoms with van der Waals surface area (Å²) in [5.41, 5.74) is 11.3. The van der Waals surface area contributed by atoms with Crippen molar-refractivity contribution >= 4 is 23.7 Å². The molecule has 186 valence electrons. The largest absolute Gasteiger partial charge is 0.480 e. The minimum atomic E-state index is -1.57. The molecule has 0 aliphatic carbocycles. The summed E-state index contributed by atoms with van der Waals surface area (Å²) in [7, 11) is 0. The van der Waals surface area contributed by atoms with Gasteiger partial charge >= 0.3 is 5.97 Å². The molecule has 0 rings (SSSR count). The fourth-order valence-corrected chi connectivity index (χ4v) is 2.95. The van der Waals surface area contributed by atoms with Crippen LogP contribution in [0.5, 0.6) is 0 Å². The number of rotatable bonds is 15. The summed E-state index contributed by atoms with van der Waals surface area (Å²) in [5.74, 6) is -3.57. The second kappa shape index (κ2) is 14.7. The van der Waals surface area contributed by atoms with Gasteiger partial charge in [-0.15, -0.1) is 0 Å². The molecular formula is C20H39N5O7. The number of nitrogens with one attached hydrogen (secondary N) is 3. The van der Waals surface area contributed by atoms with Gasteiger partial charge in [-0.2, -0.15) is 0 Å². The molecule has 0 aromatic carbocycles. The Morgan fingerprint density at radius 2 is 1.34 bits per heavy atom. The predicted molar refractivity (Wildman–Crippen MR) is 117 cm³/mol. The number of aliphatic hydroxyl groups is 2. The molecule has 0 spiro atoms. The Balaban J connectivity index is 5.42. The third-order valence-corrected chi connectivity index (χ3v) is 4.75. The minimum Gasteiger partial charge on any atom is -0.480 e. The van der Waals surface area contributed by atoms with E-state index in [4.69, 9.17) is 11.5 Å². The first kappa shape index (κ1) is 29.7. The average Bonchev–Trinajstić information content (AvgIpc) is 2.67. The zero-order chi connectivity index (χ0) is 25.0. The third-order valence-electron chi connectivity index (χ3n) is 4.75. The van der Waals surface area contributed by atoms with E-state index in [1.54, 1.807) is 0 Å². The minimum absolute atomic E-state index is 0.133. The number of aliphatic carboxylic acids is 1. The van der Waals surface area contributed by atoms with Crippen LogP contribution in [0.25, 0.3) is 0 Å². The van der Waals surface area contributed by atoms with E-state index in [1.165, 1.54) is 13.8 Å². The number of unbranched alkanes of at least 4 members (excludes halogenated alkanes) is 1. The van der Waals surface area contributed by atoms with Crippen LogP contribution in [0.4, 0.5) is 0 Å². The molecule has 0 aromatic heterocycles. The summed E-state index contributed by atoms with van der Waals surface area (Å²) in [6, 6.07) is -5.00. The van der Waals surface area contributed by atoms with Gasteiger partial charge in [-0.3, -0.25) is 14.4 Å². The van der Waals surface area contributed by atoms with E-state index >= 15 is 0 Å². The third kappa shape index (κ3) is 10.8. The lowest BCUT2D eigenvalue weighted by Gasteiger charge is -2.27. The number of carboxylic acid groups (broad SMARTS) is 1. The van der Waals surface area contributed by atoms with E-state index in [9.17, 15) is 34.5 Å². The van der Waals surface area contributed by atoms with E-state index in [2.05, 4.69) is 16.0 Å². The van der Waals surface area contributed by atoms with Gasteiger partial charge in [-0.25, -0.2) is 4.79 Å². The van der Waals surface area contributed by atoms with Crippen LogP contribution in [-0.2, 0) is 19.2 Å². The molecule has 12 nitrogen and oxygen atoms in total. The fourth-order valence-electron chi connectivity index (χ4n) is 2.95. The van der Waals surface area contributed by atoms with Gasteiger partial charge in [-0.1, -0.05) is 13.8 Å². The summed E-state index contributed by atoms with van der Waals surface area (Å²) < 4.78 is 0. The van der Waals surface area contributed by atoms with Crippen LogP contribution >= 0.6 is 0 Å². The van der Waals surface area contributed by atoms with Crippen molar-refractivity contribution in [1.29, 1.82) is 0 Å². The maximum Gasteiger partial charge on any atom is 0.328 e. The highest BCUT2D eigenvalue weighted by Crippen LogP contribution is 2.06. The maximum absolute atomic E-state index is 12.8. The normalized spacial score (nSPS) is 16.9. The molecule has 6 unspecified atom stereocenters. The van der Waals surface area contributed by atoms with Crippen LogP contribution in [-0.4, -0.2) is 81.9 Å². The quantitative estimate of drug-likeness (QED) is 0.124. The van der Waals surface area contributed by atoms with Crippen LogP contribution in [0.1, 0.15) is 53.4 Å². The molecule has 10 N–H and O–H groups in total. The van der Waals surface area contributed by atoms with Crippen LogP contribution in [0.15, 0.2) is 0 Å². The van der Waals surface area contributed by atoms with E-state index in [-0.39, 0.29) is 12.3 Å². The molecule has 3 amide bonds. The molecule has 12 heteroatoms. The highest BCUT2D eigenvalue weighted by atomic mass is 16.4. The molecule has 0 aliphatic rings. The maximum atomic E-state index is 12.8. The van der Waals surface area contributed by atoms with Crippen LogP contribution in [0.3, 0.4) is 0 Å². The summed E-state index contributed by atoms with van der Waals surface area (Å²) in [6.45, 7) is 6.63. The lowest BCUT2D eigenvalue weighted by atomic mass is 10.0. The Bertz CT molecular complexity index is 627. The van der Waals surface area contributed by atoms with Crippen LogP contribution in [0.2, 0.25) is 0 Å². The average molecular weight is 462 g/mol. The van der Waals surface area contributed by atoms with E-state index < -0.39 is 60.1 Å². The van der Waals surface area contributed by atoms with E-state index in [1.807, 2.05) is 13.8 Å². The van der Waals surface area contributed by atoms with Crippen LogP contribution < -0.4 is 27.4 Å². The summed E-state index contributed by atoms with van der Waals surface area (Å²) >= 11 is 0. The van der Waals surface area contributed by atoms with Crippen molar-refractivity contribution in [3.05, 3.63) is 0 Å². The summed E-state index contributed by atoms with van der Waals surface area (Å²) in [5, 5.41) is 35.8. The molecule has 0 aliphatic heterocycles. The monoisotopic (exact) mass is 461 g/mol. The molecular weight excluding hydrogens is 422 g/mol. The van der Waals surface area contributed by atoms with Gasteiger partial charge in [0.1, 0.15) is 12.1 Å². The highest BCUT2D eigenvalue weighted by Gasteiger charge is 2.33. The number of aliphatic hydroxyl groups excluding tert-OH is 2. The number of amides is 3. The van der Waals surface area contributed by atoms with Crippen LogP contribution in [0, 0.1) is 5.92 Å². The number of hydrogen-bond acceptors (Lipinski definition) is 8. The van der Waals surface area contributed by atoms with Gasteiger partial charge in [-0.05, 0) is 52.0 Å². The fraction of sp³-hybridized carbons (Fsp3) is 0.800. The number of carbonyl (C=O) groups excluding carboxylic acids is 3. The van der Waals surface area contributed by atoms with Gasteiger partial charge < -0.3 is 42.7 Å². The second-order valence-electron chi connectivity index (χ2n) is 8.37. The smallest absolute Gasteiger partial charge is 0.328 e. The lowest BCUT2D eigenvalue weighted by Crippen LogP contribution is -2.60. The van der Waals surface area contributed by atoms with Crippen molar-refractivity contribution < 1.29 is 34.5 Å². The number of nitrogens with two attached hydrogens (primary N) is 2. The molecule has 6 atom stereocenters. The molecule has 0 heterocycles. The summed E-state index contributed by atoms with van der Waals surface area (Å²) in [4.78, 5) is 49.0. The van der Waals surface area contributed by atoms with Gasteiger partial charge in [0.15, 0.2) is 6.04 Å². The molecule has 0 fully saturated rings. The van der Waals surface area contributed by atoms with E-state index in [0.29, 0.717) is 25.8 Å². The van der Waals surface area contributed by atoms with Crippen molar-refractivity contribution in [2.24, 2.45) is 17.4 Å². The molecule has 32 heavy (non-hydrogen) atoms. The Morgan fingerprint density at radius 1 is 0.812 bits per heavy atom. The van der Waals surface area contributed by atoms with Crippen molar-refractivity contribution in [1.82, 2.24) is 16.0 Å². The number of carbonyl (C=O) groups is 4.